The molecule has 74 valence electrons. The van der Waals surface area contributed by atoms with E-state index >= 15 is 0 Å². The van der Waals surface area contributed by atoms with Crippen molar-refractivity contribution in [3.8, 4) is 6.07 Å². The SMILES string of the molecule is CCCCn1ccc(=O)c(C#N)c1C. The van der Waals surface area contributed by atoms with E-state index in [1.807, 2.05) is 17.6 Å². The van der Waals surface area contributed by atoms with Gasteiger partial charge in [-0.1, -0.05) is 13.3 Å². The molecule has 14 heavy (non-hydrogen) atoms. The van der Waals surface area contributed by atoms with Gasteiger partial charge in [0.1, 0.15) is 11.6 Å². The summed E-state index contributed by atoms with van der Waals surface area (Å²) < 4.78 is 1.96. The predicted octanol–water partition coefficient (Wildman–Crippen LogP) is 1.83. The molecule has 1 aromatic heterocycles. The second kappa shape index (κ2) is 4.61. The number of nitrogens with zero attached hydrogens (tertiary/aromatic N) is 2. The van der Waals surface area contributed by atoms with Crippen molar-refractivity contribution in [2.75, 3.05) is 0 Å². The van der Waals surface area contributed by atoms with E-state index in [4.69, 9.17) is 5.26 Å². The van der Waals surface area contributed by atoms with Gasteiger partial charge in [0.25, 0.3) is 0 Å². The molecule has 1 rings (SSSR count). The quantitative estimate of drug-likeness (QED) is 0.730. The van der Waals surface area contributed by atoms with Crippen LogP contribution in [0.4, 0.5) is 0 Å². The Balaban J connectivity index is 3.10. The summed E-state index contributed by atoms with van der Waals surface area (Å²) in [5.74, 6) is 0. The highest BCUT2D eigenvalue weighted by molar-refractivity contribution is 5.32. The fourth-order valence-corrected chi connectivity index (χ4v) is 1.38. The zero-order valence-corrected chi connectivity index (χ0v) is 8.58. The molecule has 3 nitrogen and oxygen atoms in total. The van der Waals surface area contributed by atoms with Crippen molar-refractivity contribution in [2.45, 2.75) is 33.2 Å². The molecule has 0 aliphatic heterocycles. The van der Waals surface area contributed by atoms with Crippen molar-refractivity contribution >= 4 is 0 Å². The van der Waals surface area contributed by atoms with Crippen LogP contribution in [0.25, 0.3) is 0 Å². The molecule has 0 aromatic carbocycles. The van der Waals surface area contributed by atoms with Gasteiger partial charge in [-0.05, 0) is 13.3 Å². The van der Waals surface area contributed by atoms with Crippen molar-refractivity contribution < 1.29 is 0 Å². The van der Waals surface area contributed by atoms with Gasteiger partial charge < -0.3 is 4.57 Å². The number of aryl methyl sites for hydroxylation is 1. The van der Waals surface area contributed by atoms with Gasteiger partial charge >= 0.3 is 0 Å². The van der Waals surface area contributed by atoms with E-state index < -0.39 is 0 Å². The van der Waals surface area contributed by atoms with E-state index in [-0.39, 0.29) is 11.0 Å². The van der Waals surface area contributed by atoms with E-state index in [9.17, 15) is 4.79 Å². The predicted molar refractivity (Wildman–Crippen MR) is 55.1 cm³/mol. The molecule has 0 fully saturated rings. The fourth-order valence-electron chi connectivity index (χ4n) is 1.38. The van der Waals surface area contributed by atoms with Crippen LogP contribution in [-0.2, 0) is 6.54 Å². The summed E-state index contributed by atoms with van der Waals surface area (Å²) in [6.45, 7) is 4.80. The third-order valence-electron chi connectivity index (χ3n) is 2.31. The number of rotatable bonds is 3. The van der Waals surface area contributed by atoms with E-state index in [1.165, 1.54) is 6.07 Å². The maximum Gasteiger partial charge on any atom is 0.199 e. The summed E-state index contributed by atoms with van der Waals surface area (Å²) in [5.41, 5.74) is 0.856. The summed E-state index contributed by atoms with van der Waals surface area (Å²) in [5, 5.41) is 8.79. The molecule has 1 heterocycles. The Labute approximate surface area is 83.6 Å². The lowest BCUT2D eigenvalue weighted by molar-refractivity contribution is 0.612. The molecular formula is C11H14N2O. The van der Waals surface area contributed by atoms with Crippen molar-refractivity contribution in [1.82, 2.24) is 4.57 Å². The first-order chi connectivity index (χ1) is 6.70. The number of pyridine rings is 1. The van der Waals surface area contributed by atoms with Crippen LogP contribution in [0.5, 0.6) is 0 Å². The fraction of sp³-hybridized carbons (Fsp3) is 0.455. The second-order valence-corrected chi connectivity index (χ2v) is 3.30. The van der Waals surface area contributed by atoms with Gasteiger partial charge in [0.05, 0.1) is 0 Å². The van der Waals surface area contributed by atoms with Crippen LogP contribution in [0.1, 0.15) is 31.0 Å². The minimum absolute atomic E-state index is 0.183. The third kappa shape index (κ3) is 2.02. The Morgan fingerprint density at radius 1 is 1.57 bits per heavy atom. The van der Waals surface area contributed by atoms with Gasteiger partial charge in [0.2, 0.25) is 0 Å². The highest BCUT2D eigenvalue weighted by Gasteiger charge is 2.05. The number of nitriles is 1. The largest absolute Gasteiger partial charge is 0.350 e. The summed E-state index contributed by atoms with van der Waals surface area (Å²) in [6, 6.07) is 3.41. The molecule has 0 unspecified atom stereocenters. The average Bonchev–Trinajstić information content (AvgIpc) is 2.18. The Morgan fingerprint density at radius 2 is 2.29 bits per heavy atom. The molecule has 0 radical (unpaired) electrons. The molecule has 0 aliphatic carbocycles. The first-order valence-corrected chi connectivity index (χ1v) is 4.80. The first-order valence-electron chi connectivity index (χ1n) is 4.80. The van der Waals surface area contributed by atoms with Crippen LogP contribution in [0, 0.1) is 18.3 Å². The maximum atomic E-state index is 11.3. The van der Waals surface area contributed by atoms with Gasteiger partial charge in [0, 0.05) is 24.5 Å². The molecule has 0 bridgehead atoms. The minimum atomic E-state index is -0.183. The van der Waals surface area contributed by atoms with Crippen LogP contribution < -0.4 is 5.43 Å². The molecule has 0 spiro atoms. The summed E-state index contributed by atoms with van der Waals surface area (Å²) in [7, 11) is 0. The van der Waals surface area contributed by atoms with Crippen LogP contribution in [0.15, 0.2) is 17.1 Å². The summed E-state index contributed by atoms with van der Waals surface area (Å²) >= 11 is 0. The number of hydrogen-bond donors (Lipinski definition) is 0. The Kier molecular flexibility index (Phi) is 3.47. The van der Waals surface area contributed by atoms with Gasteiger partial charge in [-0.25, -0.2) is 0 Å². The second-order valence-electron chi connectivity index (χ2n) is 3.30. The van der Waals surface area contributed by atoms with E-state index in [0.29, 0.717) is 0 Å². The van der Waals surface area contributed by atoms with Crippen LogP contribution >= 0.6 is 0 Å². The lowest BCUT2D eigenvalue weighted by Crippen LogP contribution is -2.14. The number of aromatic nitrogens is 1. The highest BCUT2D eigenvalue weighted by atomic mass is 16.1. The maximum absolute atomic E-state index is 11.3. The van der Waals surface area contributed by atoms with Gasteiger partial charge in [-0.3, -0.25) is 4.79 Å². The minimum Gasteiger partial charge on any atom is -0.350 e. The van der Waals surface area contributed by atoms with Crippen LogP contribution in [0.2, 0.25) is 0 Å². The lowest BCUT2D eigenvalue weighted by atomic mass is 10.2. The average molecular weight is 190 g/mol. The lowest BCUT2D eigenvalue weighted by Gasteiger charge is -2.10. The van der Waals surface area contributed by atoms with E-state index in [2.05, 4.69) is 6.92 Å². The Morgan fingerprint density at radius 3 is 2.86 bits per heavy atom. The Hall–Kier alpha value is -1.56. The normalized spacial score (nSPS) is 9.79. The zero-order chi connectivity index (χ0) is 10.6. The number of hydrogen-bond acceptors (Lipinski definition) is 2. The van der Waals surface area contributed by atoms with E-state index in [1.54, 1.807) is 6.20 Å². The third-order valence-corrected chi connectivity index (χ3v) is 2.31. The highest BCUT2D eigenvalue weighted by Crippen LogP contribution is 2.03. The van der Waals surface area contributed by atoms with Crippen molar-refractivity contribution in [2.24, 2.45) is 0 Å². The molecule has 0 atom stereocenters. The monoisotopic (exact) mass is 190 g/mol. The molecule has 0 saturated carbocycles. The van der Waals surface area contributed by atoms with Gasteiger partial charge in [-0.15, -0.1) is 0 Å². The van der Waals surface area contributed by atoms with Crippen molar-refractivity contribution in [1.29, 1.82) is 5.26 Å². The Bertz CT molecular complexity index is 412. The van der Waals surface area contributed by atoms with Crippen molar-refractivity contribution in [3.05, 3.63) is 33.7 Å². The van der Waals surface area contributed by atoms with Crippen molar-refractivity contribution in [3.63, 3.8) is 0 Å². The molecule has 0 aliphatic rings. The topological polar surface area (TPSA) is 45.8 Å². The summed E-state index contributed by atoms with van der Waals surface area (Å²) in [6.07, 6.45) is 3.93. The molecule has 0 saturated heterocycles. The molecule has 0 N–H and O–H groups in total. The molecule has 3 heteroatoms. The van der Waals surface area contributed by atoms with Crippen LogP contribution in [-0.4, -0.2) is 4.57 Å². The molecular weight excluding hydrogens is 176 g/mol. The van der Waals surface area contributed by atoms with Crippen LogP contribution in [0.3, 0.4) is 0 Å². The van der Waals surface area contributed by atoms with E-state index in [0.717, 1.165) is 25.1 Å². The summed E-state index contributed by atoms with van der Waals surface area (Å²) in [4.78, 5) is 11.3. The first kappa shape index (κ1) is 10.5. The molecule has 0 amide bonds. The molecule has 1 aromatic rings. The smallest absolute Gasteiger partial charge is 0.199 e. The number of unbranched alkanes of at least 4 members (excludes halogenated alkanes) is 1. The zero-order valence-electron chi connectivity index (χ0n) is 8.58. The van der Waals surface area contributed by atoms with Gasteiger partial charge in [0.15, 0.2) is 5.43 Å². The van der Waals surface area contributed by atoms with Gasteiger partial charge in [-0.2, -0.15) is 5.26 Å². The standard InChI is InChI=1S/C11H14N2O/c1-3-4-6-13-7-5-11(14)10(8-12)9(13)2/h5,7H,3-4,6H2,1-2H3.